The summed E-state index contributed by atoms with van der Waals surface area (Å²) in [6.45, 7) is 3.68. The lowest BCUT2D eigenvalue weighted by atomic mass is 9.77. The number of nitrogens with two attached hydrogens (primary N) is 1. The highest BCUT2D eigenvalue weighted by Crippen LogP contribution is 2.42. The van der Waals surface area contributed by atoms with E-state index in [0.29, 0.717) is 0 Å². The second-order valence-electron chi connectivity index (χ2n) is 5.07. The van der Waals surface area contributed by atoms with Crippen LogP contribution >= 0.6 is 11.3 Å². The third-order valence-electron chi connectivity index (χ3n) is 4.20. The van der Waals surface area contributed by atoms with Gasteiger partial charge >= 0.3 is 0 Å². The van der Waals surface area contributed by atoms with Gasteiger partial charge in [0.1, 0.15) is 5.54 Å². The van der Waals surface area contributed by atoms with Gasteiger partial charge in [-0.25, -0.2) is 0 Å². The Bertz CT molecular complexity index is 453. The van der Waals surface area contributed by atoms with E-state index >= 15 is 0 Å². The second kappa shape index (κ2) is 4.64. The molecule has 0 saturated carbocycles. The third-order valence-corrected chi connectivity index (χ3v) is 5.18. The molecule has 1 atom stereocenters. The zero-order chi connectivity index (χ0) is 12.6. The molecule has 2 aliphatic rings. The van der Waals surface area contributed by atoms with Crippen molar-refractivity contribution in [2.24, 2.45) is 5.73 Å². The lowest BCUT2D eigenvalue weighted by molar-refractivity contribution is -0.132. The summed E-state index contributed by atoms with van der Waals surface area (Å²) in [5.74, 6) is -0.177. The van der Waals surface area contributed by atoms with Crippen molar-refractivity contribution in [2.45, 2.75) is 24.8 Å². The predicted molar refractivity (Wildman–Crippen MR) is 72.6 cm³/mol. The average molecular weight is 265 g/mol. The standard InChI is InChI=1S/C13H19N3OS/c14-12(17)13(16-7-5-15-6-8-16)4-1-2-11-10(13)3-9-18-11/h3,9,15H,1-2,4-8H2,(H2,14,17). The average Bonchev–Trinajstić information content (AvgIpc) is 2.87. The lowest BCUT2D eigenvalue weighted by Crippen LogP contribution is -2.61. The van der Waals surface area contributed by atoms with Crippen LogP contribution in [-0.4, -0.2) is 37.0 Å². The minimum absolute atomic E-state index is 0.177. The van der Waals surface area contributed by atoms with Gasteiger partial charge in [-0.15, -0.1) is 11.3 Å². The van der Waals surface area contributed by atoms with E-state index in [9.17, 15) is 4.79 Å². The Labute approximate surface area is 111 Å². The maximum Gasteiger partial charge on any atom is 0.242 e. The normalized spacial score (nSPS) is 28.9. The topological polar surface area (TPSA) is 58.4 Å². The molecular weight excluding hydrogens is 246 g/mol. The first-order valence-corrected chi connectivity index (χ1v) is 7.45. The number of amides is 1. The number of rotatable bonds is 2. The van der Waals surface area contributed by atoms with E-state index in [0.717, 1.165) is 45.4 Å². The summed E-state index contributed by atoms with van der Waals surface area (Å²) in [5, 5.41) is 5.43. The molecule has 0 radical (unpaired) electrons. The number of hydrogen-bond acceptors (Lipinski definition) is 4. The molecule has 98 valence electrons. The van der Waals surface area contributed by atoms with E-state index in [1.165, 1.54) is 10.4 Å². The van der Waals surface area contributed by atoms with Crippen molar-refractivity contribution in [3.8, 4) is 0 Å². The highest BCUT2D eigenvalue weighted by molar-refractivity contribution is 7.10. The fourth-order valence-corrected chi connectivity index (χ4v) is 4.32. The zero-order valence-electron chi connectivity index (χ0n) is 10.4. The minimum Gasteiger partial charge on any atom is -0.368 e. The largest absolute Gasteiger partial charge is 0.368 e. The SMILES string of the molecule is NC(=O)C1(N2CCNCC2)CCCc2sccc21. The lowest BCUT2D eigenvalue weighted by Gasteiger charge is -2.46. The van der Waals surface area contributed by atoms with E-state index in [4.69, 9.17) is 5.73 Å². The van der Waals surface area contributed by atoms with Crippen molar-refractivity contribution >= 4 is 17.2 Å². The van der Waals surface area contributed by atoms with Gasteiger partial charge in [0.25, 0.3) is 0 Å². The van der Waals surface area contributed by atoms with Crippen LogP contribution in [0.25, 0.3) is 0 Å². The number of fused-ring (bicyclic) bond motifs is 1. The molecule has 1 saturated heterocycles. The van der Waals surface area contributed by atoms with Crippen molar-refractivity contribution in [2.75, 3.05) is 26.2 Å². The minimum atomic E-state index is -0.546. The number of aryl methyl sites for hydroxylation is 1. The molecule has 1 aliphatic carbocycles. The van der Waals surface area contributed by atoms with Crippen LogP contribution < -0.4 is 11.1 Å². The molecule has 1 amide bonds. The van der Waals surface area contributed by atoms with Gasteiger partial charge in [0, 0.05) is 31.1 Å². The van der Waals surface area contributed by atoms with Gasteiger partial charge < -0.3 is 11.1 Å². The highest BCUT2D eigenvalue weighted by Gasteiger charge is 2.47. The highest BCUT2D eigenvalue weighted by atomic mass is 32.1. The van der Waals surface area contributed by atoms with Crippen LogP contribution in [-0.2, 0) is 16.8 Å². The quantitative estimate of drug-likeness (QED) is 0.826. The molecule has 1 aromatic rings. The number of carbonyl (C=O) groups excluding carboxylic acids is 1. The number of thiophene rings is 1. The third kappa shape index (κ3) is 1.69. The van der Waals surface area contributed by atoms with Gasteiger partial charge in [0.05, 0.1) is 0 Å². The Morgan fingerprint density at radius 1 is 1.44 bits per heavy atom. The van der Waals surface area contributed by atoms with Crippen molar-refractivity contribution in [1.29, 1.82) is 0 Å². The molecule has 2 heterocycles. The molecule has 3 N–H and O–H groups in total. The van der Waals surface area contributed by atoms with Crippen molar-refractivity contribution in [3.63, 3.8) is 0 Å². The zero-order valence-corrected chi connectivity index (χ0v) is 11.3. The number of nitrogens with zero attached hydrogens (tertiary/aromatic N) is 1. The van der Waals surface area contributed by atoms with Crippen molar-refractivity contribution in [3.05, 3.63) is 21.9 Å². The van der Waals surface area contributed by atoms with Gasteiger partial charge in [0.2, 0.25) is 5.91 Å². The van der Waals surface area contributed by atoms with Crippen molar-refractivity contribution < 1.29 is 4.79 Å². The van der Waals surface area contributed by atoms with E-state index < -0.39 is 5.54 Å². The Morgan fingerprint density at radius 3 is 2.94 bits per heavy atom. The smallest absolute Gasteiger partial charge is 0.242 e. The van der Waals surface area contributed by atoms with Crippen molar-refractivity contribution in [1.82, 2.24) is 10.2 Å². The Hall–Kier alpha value is -0.910. The molecule has 0 bridgehead atoms. The maximum atomic E-state index is 12.2. The number of primary amides is 1. The second-order valence-corrected chi connectivity index (χ2v) is 6.07. The molecule has 5 heteroatoms. The van der Waals surface area contributed by atoms with E-state index in [1.54, 1.807) is 11.3 Å². The summed E-state index contributed by atoms with van der Waals surface area (Å²) in [7, 11) is 0. The Balaban J connectivity index is 2.05. The molecule has 0 aromatic carbocycles. The molecule has 1 aliphatic heterocycles. The number of hydrogen-bond donors (Lipinski definition) is 2. The molecule has 18 heavy (non-hydrogen) atoms. The van der Waals surface area contributed by atoms with Gasteiger partial charge in [0.15, 0.2) is 0 Å². The van der Waals surface area contributed by atoms with Crippen LogP contribution in [0.2, 0.25) is 0 Å². The van der Waals surface area contributed by atoms with Gasteiger partial charge in [-0.05, 0) is 36.3 Å². The van der Waals surface area contributed by atoms with Gasteiger partial charge in [-0.3, -0.25) is 9.69 Å². The summed E-state index contributed by atoms with van der Waals surface area (Å²) < 4.78 is 0. The van der Waals surface area contributed by atoms with Gasteiger partial charge in [-0.2, -0.15) is 0 Å². The summed E-state index contributed by atoms with van der Waals surface area (Å²) in [6, 6.07) is 2.10. The van der Waals surface area contributed by atoms with Gasteiger partial charge in [-0.1, -0.05) is 0 Å². The van der Waals surface area contributed by atoms with Crippen LogP contribution in [0.1, 0.15) is 23.3 Å². The first-order valence-electron chi connectivity index (χ1n) is 6.57. The monoisotopic (exact) mass is 265 g/mol. The summed E-state index contributed by atoms with van der Waals surface area (Å²) in [4.78, 5) is 15.8. The number of nitrogens with one attached hydrogen (secondary N) is 1. The first-order chi connectivity index (χ1) is 8.75. The number of piperazine rings is 1. The van der Waals surface area contributed by atoms with E-state index in [2.05, 4.69) is 21.7 Å². The predicted octanol–water partition coefficient (Wildman–Crippen LogP) is 0.670. The molecule has 1 unspecified atom stereocenters. The molecule has 0 spiro atoms. The Morgan fingerprint density at radius 2 is 2.22 bits per heavy atom. The van der Waals surface area contributed by atoms with Crippen LogP contribution in [0.15, 0.2) is 11.4 Å². The number of carbonyl (C=O) groups is 1. The van der Waals surface area contributed by atoms with Crippen LogP contribution in [0.4, 0.5) is 0 Å². The van der Waals surface area contributed by atoms with E-state index in [1.807, 2.05) is 0 Å². The summed E-state index contributed by atoms with van der Waals surface area (Å²) in [5.41, 5.74) is 6.44. The Kier molecular flexibility index (Phi) is 3.13. The summed E-state index contributed by atoms with van der Waals surface area (Å²) in [6.07, 6.45) is 3.01. The first kappa shape index (κ1) is 12.1. The summed E-state index contributed by atoms with van der Waals surface area (Å²) >= 11 is 1.76. The maximum absolute atomic E-state index is 12.2. The molecular formula is C13H19N3OS. The van der Waals surface area contributed by atoms with Crippen LogP contribution in [0.3, 0.4) is 0 Å². The molecule has 1 fully saturated rings. The molecule has 4 nitrogen and oxygen atoms in total. The van der Waals surface area contributed by atoms with Crippen LogP contribution in [0, 0.1) is 0 Å². The van der Waals surface area contributed by atoms with E-state index in [-0.39, 0.29) is 5.91 Å². The van der Waals surface area contributed by atoms with Crippen LogP contribution in [0.5, 0.6) is 0 Å². The fraction of sp³-hybridized carbons (Fsp3) is 0.615. The molecule has 3 rings (SSSR count). The molecule has 1 aromatic heterocycles. The fourth-order valence-electron chi connectivity index (χ4n) is 3.33.